The van der Waals surface area contributed by atoms with Crippen LogP contribution in [0.1, 0.15) is 60.3 Å². The lowest BCUT2D eigenvalue weighted by Crippen LogP contribution is -2.27. The number of likely N-dealkylation sites (tertiary alicyclic amines) is 1. The molecule has 29 heavy (non-hydrogen) atoms. The number of carbonyl (C=O) groups is 2. The van der Waals surface area contributed by atoms with Crippen molar-refractivity contribution >= 4 is 23.0 Å². The maximum atomic E-state index is 13.0. The van der Waals surface area contributed by atoms with E-state index in [0.29, 0.717) is 16.9 Å². The van der Waals surface area contributed by atoms with Crippen LogP contribution in [0, 0.1) is 0 Å². The van der Waals surface area contributed by atoms with E-state index in [1.165, 1.54) is 0 Å². The molecule has 1 aromatic carbocycles. The van der Waals surface area contributed by atoms with Gasteiger partial charge < -0.3 is 14.6 Å². The lowest BCUT2D eigenvalue weighted by Gasteiger charge is -2.16. The van der Waals surface area contributed by atoms with Crippen molar-refractivity contribution in [1.29, 1.82) is 0 Å². The molecule has 0 atom stereocenters. The lowest BCUT2D eigenvalue weighted by molar-refractivity contribution is 0.0792. The van der Waals surface area contributed by atoms with Gasteiger partial charge in [0.25, 0.3) is 11.8 Å². The fraction of sp³-hybridized carbons (Fsp3) is 0.348. The number of hydrogen-bond acceptors (Lipinski definition) is 3. The summed E-state index contributed by atoms with van der Waals surface area (Å²) in [5.74, 6) is 0.562. The highest BCUT2D eigenvalue weighted by molar-refractivity contribution is 6.08. The molecular weight excluding hydrogens is 364 g/mol. The first kappa shape index (κ1) is 19.2. The van der Waals surface area contributed by atoms with Gasteiger partial charge in [-0.25, -0.2) is 4.98 Å². The van der Waals surface area contributed by atoms with Gasteiger partial charge in [-0.15, -0.1) is 0 Å². The van der Waals surface area contributed by atoms with E-state index in [1.54, 1.807) is 24.3 Å². The van der Waals surface area contributed by atoms with Crippen LogP contribution in [-0.2, 0) is 5.41 Å². The SMILES string of the molecule is CC(C)(C)c1nc(C(=O)Nc2cccc(C(=O)N3CCCC3)c2)c2ccccn12. The van der Waals surface area contributed by atoms with Crippen LogP contribution in [-0.4, -0.2) is 39.2 Å². The predicted molar refractivity (Wildman–Crippen MR) is 113 cm³/mol. The van der Waals surface area contributed by atoms with Crippen LogP contribution in [0.25, 0.3) is 5.52 Å². The second kappa shape index (κ2) is 7.35. The van der Waals surface area contributed by atoms with Crippen molar-refractivity contribution in [1.82, 2.24) is 14.3 Å². The van der Waals surface area contributed by atoms with Gasteiger partial charge in [0.1, 0.15) is 5.82 Å². The van der Waals surface area contributed by atoms with Gasteiger partial charge in [0.15, 0.2) is 5.69 Å². The summed E-state index contributed by atoms with van der Waals surface area (Å²) in [6, 6.07) is 12.8. The topological polar surface area (TPSA) is 66.7 Å². The molecule has 1 fully saturated rings. The third-order valence-electron chi connectivity index (χ3n) is 5.19. The molecule has 150 valence electrons. The minimum atomic E-state index is -0.282. The van der Waals surface area contributed by atoms with Crippen LogP contribution < -0.4 is 5.32 Å². The van der Waals surface area contributed by atoms with Crippen LogP contribution in [0.15, 0.2) is 48.7 Å². The third-order valence-corrected chi connectivity index (χ3v) is 5.19. The normalized spacial score (nSPS) is 14.4. The van der Waals surface area contributed by atoms with Gasteiger partial charge in [-0.1, -0.05) is 32.9 Å². The summed E-state index contributed by atoms with van der Waals surface area (Å²) in [6.07, 6.45) is 4.02. The number of nitrogens with one attached hydrogen (secondary N) is 1. The summed E-state index contributed by atoms with van der Waals surface area (Å²) in [7, 11) is 0. The monoisotopic (exact) mass is 390 g/mol. The number of imidazole rings is 1. The number of nitrogens with zero attached hydrogens (tertiary/aromatic N) is 3. The Morgan fingerprint density at radius 3 is 2.52 bits per heavy atom. The molecule has 4 rings (SSSR count). The molecule has 6 nitrogen and oxygen atoms in total. The van der Waals surface area contributed by atoms with Gasteiger partial charge in [0.05, 0.1) is 5.52 Å². The minimum absolute atomic E-state index is 0.0149. The first-order valence-corrected chi connectivity index (χ1v) is 10.0. The van der Waals surface area contributed by atoms with E-state index in [2.05, 4.69) is 31.1 Å². The Balaban J connectivity index is 1.62. The van der Waals surface area contributed by atoms with Crippen LogP contribution in [0.4, 0.5) is 5.69 Å². The molecular formula is C23H26N4O2. The Bertz CT molecular complexity index is 1070. The number of pyridine rings is 1. The molecule has 0 radical (unpaired) electrons. The summed E-state index contributed by atoms with van der Waals surface area (Å²) in [5.41, 5.74) is 2.13. The Labute approximate surface area is 170 Å². The largest absolute Gasteiger partial charge is 0.339 e. The minimum Gasteiger partial charge on any atom is -0.339 e. The van der Waals surface area contributed by atoms with Gasteiger partial charge in [-0.3, -0.25) is 9.59 Å². The Hall–Kier alpha value is -3.15. The molecule has 0 spiro atoms. The molecule has 1 N–H and O–H groups in total. The van der Waals surface area contributed by atoms with Crippen molar-refractivity contribution in [2.75, 3.05) is 18.4 Å². The average molecular weight is 390 g/mol. The summed E-state index contributed by atoms with van der Waals surface area (Å²) < 4.78 is 1.96. The Morgan fingerprint density at radius 2 is 1.79 bits per heavy atom. The van der Waals surface area contributed by atoms with E-state index < -0.39 is 0 Å². The molecule has 0 aliphatic carbocycles. The molecule has 3 heterocycles. The van der Waals surface area contributed by atoms with E-state index in [9.17, 15) is 9.59 Å². The molecule has 2 amide bonds. The zero-order chi connectivity index (χ0) is 20.6. The number of carbonyl (C=O) groups excluding carboxylic acids is 2. The molecule has 1 aliphatic rings. The van der Waals surface area contributed by atoms with Crippen molar-refractivity contribution in [3.63, 3.8) is 0 Å². The molecule has 1 aliphatic heterocycles. The molecule has 1 saturated heterocycles. The number of amides is 2. The molecule has 2 aromatic heterocycles. The average Bonchev–Trinajstić information content (AvgIpc) is 3.35. The van der Waals surface area contributed by atoms with E-state index in [-0.39, 0.29) is 17.2 Å². The van der Waals surface area contributed by atoms with Gasteiger partial charge >= 0.3 is 0 Å². The molecule has 3 aromatic rings. The van der Waals surface area contributed by atoms with Crippen LogP contribution in [0.3, 0.4) is 0 Å². The number of fused-ring (bicyclic) bond motifs is 1. The maximum Gasteiger partial charge on any atom is 0.276 e. The fourth-order valence-electron chi connectivity index (χ4n) is 3.76. The third kappa shape index (κ3) is 3.75. The van der Waals surface area contributed by atoms with E-state index >= 15 is 0 Å². The lowest BCUT2D eigenvalue weighted by atomic mass is 9.96. The van der Waals surface area contributed by atoms with Crippen molar-refractivity contribution in [3.05, 3.63) is 65.7 Å². The smallest absolute Gasteiger partial charge is 0.276 e. The van der Waals surface area contributed by atoms with Crippen molar-refractivity contribution in [3.8, 4) is 0 Å². The van der Waals surface area contributed by atoms with Crippen molar-refractivity contribution < 1.29 is 9.59 Å². The van der Waals surface area contributed by atoms with Gasteiger partial charge in [0, 0.05) is 36.0 Å². The number of benzene rings is 1. The fourth-order valence-corrected chi connectivity index (χ4v) is 3.76. The first-order valence-electron chi connectivity index (χ1n) is 10.0. The van der Waals surface area contributed by atoms with E-state index in [1.807, 2.05) is 33.7 Å². The predicted octanol–water partition coefficient (Wildman–Crippen LogP) is 4.12. The number of aromatic nitrogens is 2. The maximum absolute atomic E-state index is 13.0. The quantitative estimate of drug-likeness (QED) is 0.731. The number of rotatable bonds is 3. The van der Waals surface area contributed by atoms with Crippen molar-refractivity contribution in [2.45, 2.75) is 39.0 Å². The molecule has 6 heteroatoms. The second-order valence-electron chi connectivity index (χ2n) is 8.52. The summed E-state index contributed by atoms with van der Waals surface area (Å²) in [5, 5.41) is 2.92. The summed E-state index contributed by atoms with van der Waals surface area (Å²) in [6.45, 7) is 7.81. The highest BCUT2D eigenvalue weighted by atomic mass is 16.2. The zero-order valence-corrected chi connectivity index (χ0v) is 17.1. The molecule has 0 saturated carbocycles. The van der Waals surface area contributed by atoms with Crippen LogP contribution in [0.2, 0.25) is 0 Å². The highest BCUT2D eigenvalue weighted by Gasteiger charge is 2.25. The van der Waals surface area contributed by atoms with Crippen LogP contribution >= 0.6 is 0 Å². The van der Waals surface area contributed by atoms with Gasteiger partial charge in [-0.2, -0.15) is 0 Å². The standard InChI is InChI=1S/C23H26N4O2/c1-23(2,3)22-25-19(18-11-4-5-14-27(18)22)20(28)24-17-10-8-9-16(15-17)21(29)26-12-6-7-13-26/h4-5,8-11,14-15H,6-7,12-13H2,1-3H3,(H,24,28). The Morgan fingerprint density at radius 1 is 1.03 bits per heavy atom. The number of hydrogen-bond donors (Lipinski definition) is 1. The summed E-state index contributed by atoms with van der Waals surface area (Å²) in [4.78, 5) is 32.2. The van der Waals surface area contributed by atoms with Crippen LogP contribution in [0.5, 0.6) is 0 Å². The van der Waals surface area contributed by atoms with Crippen molar-refractivity contribution in [2.24, 2.45) is 0 Å². The van der Waals surface area contributed by atoms with Gasteiger partial charge in [0.2, 0.25) is 0 Å². The second-order valence-corrected chi connectivity index (χ2v) is 8.52. The van der Waals surface area contributed by atoms with E-state index in [4.69, 9.17) is 0 Å². The molecule has 0 unspecified atom stereocenters. The van der Waals surface area contributed by atoms with E-state index in [0.717, 1.165) is 37.3 Å². The Kier molecular flexibility index (Phi) is 4.86. The molecule has 0 bridgehead atoms. The number of anilines is 1. The highest BCUT2D eigenvalue weighted by Crippen LogP contribution is 2.25. The van der Waals surface area contributed by atoms with Gasteiger partial charge in [-0.05, 0) is 43.2 Å². The summed E-state index contributed by atoms with van der Waals surface area (Å²) >= 11 is 0. The first-order chi connectivity index (χ1) is 13.8. The zero-order valence-electron chi connectivity index (χ0n) is 17.1.